The first-order chi connectivity index (χ1) is 9.08. The van der Waals surface area contributed by atoms with Gasteiger partial charge in [0.2, 0.25) is 0 Å². The van der Waals surface area contributed by atoms with Gasteiger partial charge in [0.1, 0.15) is 0 Å². The second-order valence-electron chi connectivity index (χ2n) is 4.26. The Kier molecular flexibility index (Phi) is 4.49. The standard InChI is InChI=1S/C12H14BNO4S/c1-14-7-11(15)17-13(18-12(16)8-14)9-4-3-5-10(6-9)19-2/h3-6H,7-8H2,1-2H3. The summed E-state index contributed by atoms with van der Waals surface area (Å²) in [6.45, 7) is 0.154. The summed E-state index contributed by atoms with van der Waals surface area (Å²) in [4.78, 5) is 25.8. The first kappa shape index (κ1) is 14.0. The van der Waals surface area contributed by atoms with Crippen LogP contribution in [-0.2, 0) is 18.9 Å². The van der Waals surface area contributed by atoms with Gasteiger partial charge in [-0.05, 0) is 25.4 Å². The van der Waals surface area contributed by atoms with Crippen LogP contribution >= 0.6 is 11.8 Å². The van der Waals surface area contributed by atoms with Gasteiger partial charge in [-0.2, -0.15) is 0 Å². The maximum atomic E-state index is 11.6. The predicted octanol–water partition coefficient (Wildman–Crippen LogP) is 0.135. The number of benzene rings is 1. The molecular formula is C12H14BNO4S. The molecule has 0 amide bonds. The zero-order chi connectivity index (χ0) is 13.8. The molecule has 100 valence electrons. The third-order valence-electron chi connectivity index (χ3n) is 2.64. The van der Waals surface area contributed by atoms with Gasteiger partial charge >= 0.3 is 19.1 Å². The molecule has 1 heterocycles. The molecule has 2 rings (SSSR count). The molecule has 0 N–H and O–H groups in total. The van der Waals surface area contributed by atoms with E-state index in [0.29, 0.717) is 5.46 Å². The van der Waals surface area contributed by atoms with Crippen molar-refractivity contribution in [1.29, 1.82) is 0 Å². The molecule has 0 aromatic heterocycles. The van der Waals surface area contributed by atoms with Gasteiger partial charge in [-0.25, -0.2) is 0 Å². The quantitative estimate of drug-likeness (QED) is 0.567. The topological polar surface area (TPSA) is 55.8 Å². The van der Waals surface area contributed by atoms with E-state index in [0.717, 1.165) is 4.90 Å². The van der Waals surface area contributed by atoms with Crippen LogP contribution in [0.4, 0.5) is 0 Å². The average Bonchev–Trinajstić information content (AvgIpc) is 2.36. The number of likely N-dealkylation sites (N-methyl/N-ethyl adjacent to an activating group) is 1. The Bertz CT molecular complexity index is 476. The van der Waals surface area contributed by atoms with Crippen molar-refractivity contribution in [1.82, 2.24) is 4.90 Å². The predicted molar refractivity (Wildman–Crippen MR) is 73.3 cm³/mol. The van der Waals surface area contributed by atoms with Crippen LogP contribution in [-0.4, -0.2) is 50.3 Å². The number of rotatable bonds is 2. The maximum absolute atomic E-state index is 11.6. The monoisotopic (exact) mass is 279 g/mol. The highest BCUT2D eigenvalue weighted by Gasteiger charge is 2.33. The molecule has 1 fully saturated rings. The minimum atomic E-state index is -0.958. The summed E-state index contributed by atoms with van der Waals surface area (Å²) in [5, 5.41) is 0. The molecule has 0 radical (unpaired) electrons. The van der Waals surface area contributed by atoms with Gasteiger partial charge in [-0.3, -0.25) is 14.5 Å². The Morgan fingerprint density at radius 2 is 1.84 bits per heavy atom. The molecule has 5 nitrogen and oxygen atoms in total. The smallest absolute Gasteiger partial charge is 0.494 e. The minimum absolute atomic E-state index is 0.0772. The molecule has 1 aromatic carbocycles. The first-order valence-corrected chi connectivity index (χ1v) is 7.02. The van der Waals surface area contributed by atoms with Crippen molar-refractivity contribution in [2.75, 3.05) is 26.4 Å². The third-order valence-corrected chi connectivity index (χ3v) is 3.37. The summed E-state index contributed by atoms with van der Waals surface area (Å²) >= 11 is 1.57. The second-order valence-corrected chi connectivity index (χ2v) is 5.14. The molecule has 7 heteroatoms. The fraction of sp³-hybridized carbons (Fsp3) is 0.333. The molecule has 0 unspecified atom stereocenters. The van der Waals surface area contributed by atoms with E-state index in [1.165, 1.54) is 0 Å². The van der Waals surface area contributed by atoms with Crippen molar-refractivity contribution < 1.29 is 18.9 Å². The molecule has 1 aliphatic heterocycles. The average molecular weight is 279 g/mol. The van der Waals surface area contributed by atoms with Crippen LogP contribution in [0, 0.1) is 0 Å². The number of hydrogen-bond donors (Lipinski definition) is 0. The largest absolute Gasteiger partial charge is 0.636 e. The van der Waals surface area contributed by atoms with E-state index in [2.05, 4.69) is 0 Å². The number of carbonyl (C=O) groups excluding carboxylic acids is 2. The molecule has 0 aliphatic carbocycles. The van der Waals surface area contributed by atoms with E-state index in [-0.39, 0.29) is 13.1 Å². The molecule has 1 saturated heterocycles. The van der Waals surface area contributed by atoms with Crippen molar-refractivity contribution in [2.45, 2.75) is 4.90 Å². The van der Waals surface area contributed by atoms with Crippen molar-refractivity contribution in [3.63, 3.8) is 0 Å². The SMILES string of the molecule is CSc1cccc(B2OC(=O)CN(C)CC(=O)O2)c1. The van der Waals surface area contributed by atoms with Gasteiger partial charge in [0.05, 0.1) is 13.1 Å². The Morgan fingerprint density at radius 3 is 2.42 bits per heavy atom. The van der Waals surface area contributed by atoms with E-state index in [4.69, 9.17) is 9.31 Å². The summed E-state index contributed by atoms with van der Waals surface area (Å²) in [6, 6.07) is 7.40. The highest BCUT2D eigenvalue weighted by molar-refractivity contribution is 7.98. The van der Waals surface area contributed by atoms with Gasteiger partial charge in [0.25, 0.3) is 0 Å². The van der Waals surface area contributed by atoms with Crippen LogP contribution < -0.4 is 5.46 Å². The lowest BCUT2D eigenvalue weighted by molar-refractivity contribution is -0.145. The fourth-order valence-corrected chi connectivity index (χ4v) is 2.23. The summed E-state index contributed by atoms with van der Waals surface area (Å²) in [6.07, 6.45) is 1.95. The van der Waals surface area contributed by atoms with Gasteiger partial charge in [-0.15, -0.1) is 11.8 Å². The van der Waals surface area contributed by atoms with Gasteiger partial charge in [-0.1, -0.05) is 12.1 Å². The highest BCUT2D eigenvalue weighted by atomic mass is 32.2. The molecule has 0 atom stereocenters. The van der Waals surface area contributed by atoms with E-state index >= 15 is 0 Å². The van der Waals surface area contributed by atoms with E-state index in [9.17, 15) is 9.59 Å². The number of nitrogens with zero attached hydrogens (tertiary/aromatic N) is 1. The molecule has 0 saturated carbocycles. The Labute approximate surface area is 116 Å². The van der Waals surface area contributed by atoms with E-state index < -0.39 is 19.1 Å². The lowest BCUT2D eigenvalue weighted by Gasteiger charge is -2.22. The van der Waals surface area contributed by atoms with Crippen LogP contribution in [0.25, 0.3) is 0 Å². The molecule has 1 aromatic rings. The summed E-state index contributed by atoms with van der Waals surface area (Å²) < 4.78 is 10.4. The third kappa shape index (κ3) is 3.75. The lowest BCUT2D eigenvalue weighted by atomic mass is 9.78. The van der Waals surface area contributed by atoms with Gasteiger partial charge in [0, 0.05) is 10.4 Å². The zero-order valence-electron chi connectivity index (χ0n) is 10.8. The highest BCUT2D eigenvalue weighted by Crippen LogP contribution is 2.12. The van der Waals surface area contributed by atoms with Gasteiger partial charge in [0.15, 0.2) is 0 Å². The number of thioether (sulfide) groups is 1. The van der Waals surface area contributed by atoms with Crippen molar-refractivity contribution >= 4 is 36.3 Å². The van der Waals surface area contributed by atoms with Crippen LogP contribution in [0.15, 0.2) is 29.2 Å². The Balaban J connectivity index is 2.21. The summed E-state index contributed by atoms with van der Waals surface area (Å²) in [5.74, 6) is -0.816. The van der Waals surface area contributed by atoms with Crippen molar-refractivity contribution in [2.24, 2.45) is 0 Å². The summed E-state index contributed by atoms with van der Waals surface area (Å²) in [5.41, 5.74) is 0.665. The molecule has 0 bridgehead atoms. The summed E-state index contributed by atoms with van der Waals surface area (Å²) in [7, 11) is 0.706. The molecular weight excluding hydrogens is 265 g/mol. The number of hydrogen-bond acceptors (Lipinski definition) is 6. The van der Waals surface area contributed by atoms with E-state index in [1.807, 2.05) is 24.5 Å². The van der Waals surface area contributed by atoms with Crippen LogP contribution in [0.1, 0.15) is 0 Å². The zero-order valence-corrected chi connectivity index (χ0v) is 11.6. The molecule has 1 aliphatic rings. The van der Waals surface area contributed by atoms with Crippen LogP contribution in [0.5, 0.6) is 0 Å². The minimum Gasteiger partial charge on any atom is -0.494 e. The van der Waals surface area contributed by atoms with Crippen molar-refractivity contribution in [3.05, 3.63) is 24.3 Å². The van der Waals surface area contributed by atoms with E-state index in [1.54, 1.807) is 29.8 Å². The first-order valence-electron chi connectivity index (χ1n) is 5.80. The second kappa shape index (κ2) is 6.12. The van der Waals surface area contributed by atoms with Crippen LogP contribution in [0.3, 0.4) is 0 Å². The van der Waals surface area contributed by atoms with Crippen molar-refractivity contribution in [3.8, 4) is 0 Å². The normalized spacial score (nSPS) is 17.5. The number of carbonyl (C=O) groups is 2. The van der Waals surface area contributed by atoms with Crippen LogP contribution in [0.2, 0.25) is 0 Å². The maximum Gasteiger partial charge on any atom is 0.636 e. The molecule has 19 heavy (non-hydrogen) atoms. The Hall–Kier alpha value is -1.47. The lowest BCUT2D eigenvalue weighted by Crippen LogP contribution is -2.47. The molecule has 0 spiro atoms. The fourth-order valence-electron chi connectivity index (χ4n) is 1.76. The van der Waals surface area contributed by atoms with Gasteiger partial charge < -0.3 is 9.31 Å². The Morgan fingerprint density at radius 1 is 1.21 bits per heavy atom.